The molecule has 31 heavy (non-hydrogen) atoms. The lowest BCUT2D eigenvalue weighted by Gasteiger charge is -2.33. The van der Waals surface area contributed by atoms with E-state index < -0.39 is 10.0 Å². The molecule has 0 saturated carbocycles. The fraction of sp³-hybridized carbons (Fsp3) is 0.348. The Hall–Kier alpha value is -2.68. The molecule has 2 heterocycles. The zero-order chi connectivity index (χ0) is 22.0. The zero-order valence-corrected chi connectivity index (χ0v) is 18.9. The van der Waals surface area contributed by atoms with Crippen LogP contribution in [0.25, 0.3) is 11.3 Å². The van der Waals surface area contributed by atoms with Crippen molar-refractivity contribution < 1.29 is 17.7 Å². The third kappa shape index (κ3) is 4.66. The predicted molar refractivity (Wildman–Crippen MR) is 118 cm³/mol. The van der Waals surface area contributed by atoms with Gasteiger partial charge in [0.15, 0.2) is 5.76 Å². The first kappa shape index (κ1) is 21.5. The Balaban J connectivity index is 1.37. The Morgan fingerprint density at radius 3 is 2.35 bits per heavy atom. The molecule has 0 spiro atoms. The van der Waals surface area contributed by atoms with Gasteiger partial charge in [-0.05, 0) is 49.7 Å². The minimum Gasteiger partial charge on any atom is -0.497 e. The van der Waals surface area contributed by atoms with Crippen molar-refractivity contribution in [3.8, 4) is 17.0 Å². The smallest absolute Gasteiger partial charge is 0.243 e. The maximum atomic E-state index is 13.1. The van der Waals surface area contributed by atoms with Crippen molar-refractivity contribution in [1.82, 2.24) is 14.4 Å². The largest absolute Gasteiger partial charge is 0.497 e. The molecule has 164 valence electrons. The molecule has 0 amide bonds. The van der Waals surface area contributed by atoms with Gasteiger partial charge in [-0.25, -0.2) is 8.42 Å². The van der Waals surface area contributed by atoms with Gasteiger partial charge in [0, 0.05) is 37.8 Å². The molecule has 8 heteroatoms. The maximum Gasteiger partial charge on any atom is 0.243 e. The lowest BCUT2D eigenvalue weighted by atomic mass is 10.1. The molecule has 0 radical (unpaired) electrons. The number of methoxy groups -OCH3 is 1. The van der Waals surface area contributed by atoms with Crippen molar-refractivity contribution in [3.63, 3.8) is 0 Å². The molecule has 4 rings (SSSR count). The number of sulfonamides is 1. The number of rotatable bonds is 6. The summed E-state index contributed by atoms with van der Waals surface area (Å²) in [5.41, 5.74) is 3.58. The van der Waals surface area contributed by atoms with Crippen molar-refractivity contribution >= 4 is 10.0 Å². The van der Waals surface area contributed by atoms with Crippen molar-refractivity contribution in [2.24, 2.45) is 0 Å². The van der Waals surface area contributed by atoms with Crippen LogP contribution in [0.5, 0.6) is 5.75 Å². The first-order valence-corrected chi connectivity index (χ1v) is 11.7. The Labute approximate surface area is 183 Å². The molecular formula is C23H27N3O4S. The number of aromatic nitrogens is 1. The Kier molecular flexibility index (Phi) is 6.13. The highest BCUT2D eigenvalue weighted by atomic mass is 32.2. The van der Waals surface area contributed by atoms with Gasteiger partial charge in [-0.1, -0.05) is 22.9 Å². The average Bonchev–Trinajstić information content (AvgIpc) is 3.22. The molecular weight excluding hydrogens is 414 g/mol. The van der Waals surface area contributed by atoms with E-state index >= 15 is 0 Å². The molecule has 0 aliphatic carbocycles. The molecule has 7 nitrogen and oxygen atoms in total. The van der Waals surface area contributed by atoms with Crippen LogP contribution in [0.15, 0.2) is 57.9 Å². The van der Waals surface area contributed by atoms with Gasteiger partial charge in [0.1, 0.15) is 11.4 Å². The van der Waals surface area contributed by atoms with Crippen LogP contribution >= 0.6 is 0 Å². The lowest BCUT2D eigenvalue weighted by Crippen LogP contribution is -2.48. The monoisotopic (exact) mass is 441 g/mol. The van der Waals surface area contributed by atoms with Crippen molar-refractivity contribution in [2.75, 3.05) is 33.3 Å². The summed E-state index contributed by atoms with van der Waals surface area (Å²) < 4.78 is 38.4. The fourth-order valence-electron chi connectivity index (χ4n) is 3.86. The van der Waals surface area contributed by atoms with E-state index in [4.69, 9.17) is 9.26 Å². The van der Waals surface area contributed by atoms with E-state index in [0.29, 0.717) is 37.6 Å². The van der Waals surface area contributed by atoms with Crippen molar-refractivity contribution in [2.45, 2.75) is 25.3 Å². The summed E-state index contributed by atoms with van der Waals surface area (Å²) in [6.07, 6.45) is 0. The van der Waals surface area contributed by atoms with Crippen molar-refractivity contribution in [1.29, 1.82) is 0 Å². The van der Waals surface area contributed by atoms with Gasteiger partial charge < -0.3 is 9.26 Å². The van der Waals surface area contributed by atoms with E-state index in [9.17, 15) is 8.42 Å². The van der Waals surface area contributed by atoms with E-state index in [1.807, 2.05) is 56.3 Å². The van der Waals surface area contributed by atoms with Gasteiger partial charge in [-0.3, -0.25) is 4.90 Å². The van der Waals surface area contributed by atoms with Gasteiger partial charge >= 0.3 is 0 Å². The lowest BCUT2D eigenvalue weighted by molar-refractivity contribution is 0.166. The molecule has 3 aromatic rings. The summed E-state index contributed by atoms with van der Waals surface area (Å²) in [6, 6.07) is 15.1. The summed E-state index contributed by atoms with van der Waals surface area (Å²) in [5.74, 6) is 1.55. The third-order valence-corrected chi connectivity index (χ3v) is 7.66. The molecule has 0 bridgehead atoms. The Bertz CT molecular complexity index is 1150. The summed E-state index contributed by atoms with van der Waals surface area (Å²) >= 11 is 0. The van der Waals surface area contributed by atoms with Gasteiger partial charge in [0.05, 0.1) is 18.6 Å². The quantitative estimate of drug-likeness (QED) is 0.583. The normalized spacial score (nSPS) is 15.8. The number of nitrogens with zero attached hydrogens (tertiary/aromatic N) is 3. The minimum atomic E-state index is -3.48. The first-order chi connectivity index (χ1) is 14.9. The van der Waals surface area contributed by atoms with E-state index in [1.165, 1.54) is 0 Å². The molecule has 1 aromatic heterocycles. The van der Waals surface area contributed by atoms with Crippen LogP contribution in [-0.4, -0.2) is 56.1 Å². The highest BCUT2D eigenvalue weighted by molar-refractivity contribution is 7.89. The van der Waals surface area contributed by atoms with Gasteiger partial charge in [-0.15, -0.1) is 0 Å². The molecule has 1 fully saturated rings. The second kappa shape index (κ2) is 8.82. The highest BCUT2D eigenvalue weighted by Gasteiger charge is 2.29. The SMILES string of the molecule is COc1ccc(-c2cc(CN3CCN(S(=O)(=O)c4ccc(C)cc4C)CC3)on2)cc1. The Morgan fingerprint density at radius 2 is 1.71 bits per heavy atom. The minimum absolute atomic E-state index is 0.394. The second-order valence-corrected chi connectivity index (χ2v) is 9.76. The average molecular weight is 442 g/mol. The summed E-state index contributed by atoms with van der Waals surface area (Å²) in [4.78, 5) is 2.58. The molecule has 0 N–H and O–H groups in total. The van der Waals surface area contributed by atoms with Crippen LogP contribution in [0, 0.1) is 13.8 Å². The van der Waals surface area contributed by atoms with E-state index in [2.05, 4.69) is 10.1 Å². The highest BCUT2D eigenvalue weighted by Crippen LogP contribution is 2.24. The number of aryl methyl sites for hydroxylation is 2. The molecule has 1 aliphatic heterocycles. The molecule has 2 aromatic carbocycles. The molecule has 0 atom stereocenters. The summed E-state index contributed by atoms with van der Waals surface area (Å²) in [7, 11) is -1.85. The van der Waals surface area contributed by atoms with Gasteiger partial charge in [0.2, 0.25) is 10.0 Å². The van der Waals surface area contributed by atoms with E-state index in [0.717, 1.165) is 33.9 Å². The third-order valence-electron chi connectivity index (χ3n) is 5.60. The molecule has 0 unspecified atom stereocenters. The standard InChI is InChI=1S/C23H27N3O4S/c1-17-4-9-23(18(2)14-17)31(27,28)26-12-10-25(11-13-26)16-21-15-22(24-30-21)19-5-7-20(29-3)8-6-19/h4-9,14-15H,10-13,16H2,1-3H3. The number of hydrogen-bond donors (Lipinski definition) is 0. The zero-order valence-electron chi connectivity index (χ0n) is 18.0. The molecule has 1 saturated heterocycles. The summed E-state index contributed by atoms with van der Waals surface area (Å²) in [6.45, 7) is 6.60. The topological polar surface area (TPSA) is 75.9 Å². The van der Waals surface area contributed by atoms with Crippen LogP contribution in [0.3, 0.4) is 0 Å². The van der Waals surface area contributed by atoms with Crippen molar-refractivity contribution in [3.05, 3.63) is 65.4 Å². The predicted octanol–water partition coefficient (Wildman–Crippen LogP) is 3.47. The first-order valence-electron chi connectivity index (χ1n) is 10.3. The van der Waals surface area contributed by atoms with Crippen LogP contribution < -0.4 is 4.74 Å². The maximum absolute atomic E-state index is 13.1. The van der Waals surface area contributed by atoms with Crippen LogP contribution in [0.2, 0.25) is 0 Å². The number of ether oxygens (including phenoxy) is 1. The summed E-state index contributed by atoms with van der Waals surface area (Å²) in [5, 5.41) is 4.17. The van der Waals surface area contributed by atoms with Crippen LogP contribution in [-0.2, 0) is 16.6 Å². The number of benzene rings is 2. The van der Waals surface area contributed by atoms with Gasteiger partial charge in [-0.2, -0.15) is 4.31 Å². The van der Waals surface area contributed by atoms with Gasteiger partial charge in [0.25, 0.3) is 0 Å². The van der Waals surface area contributed by atoms with Crippen LogP contribution in [0.1, 0.15) is 16.9 Å². The van der Waals surface area contributed by atoms with E-state index in [-0.39, 0.29) is 0 Å². The molecule has 1 aliphatic rings. The Morgan fingerprint density at radius 1 is 1.00 bits per heavy atom. The number of piperazine rings is 1. The fourth-order valence-corrected chi connectivity index (χ4v) is 5.49. The number of hydrogen-bond acceptors (Lipinski definition) is 6. The second-order valence-electron chi connectivity index (χ2n) is 7.86. The van der Waals surface area contributed by atoms with E-state index in [1.54, 1.807) is 17.5 Å². The van der Waals surface area contributed by atoms with Crippen LogP contribution in [0.4, 0.5) is 0 Å².